The van der Waals surface area contributed by atoms with E-state index in [1.165, 1.54) is 18.2 Å². The Morgan fingerprint density at radius 2 is 2.19 bits per heavy atom. The number of rotatable bonds is 5. The van der Waals surface area contributed by atoms with Crippen LogP contribution in [0.25, 0.3) is 0 Å². The zero-order valence-corrected chi connectivity index (χ0v) is 10.3. The molecule has 5 heteroatoms. The number of halogens is 2. The summed E-state index contributed by atoms with van der Waals surface area (Å²) in [6, 6.07) is 3.93. The number of nitrogens with one attached hydrogen (secondary N) is 1. The van der Waals surface area contributed by atoms with E-state index in [9.17, 15) is 9.18 Å². The molecule has 0 saturated heterocycles. The molecular weight excluding hydrogens is 277 g/mol. The Hall–Kier alpha value is -0.940. The van der Waals surface area contributed by atoms with Gasteiger partial charge in [0.2, 0.25) is 0 Å². The van der Waals surface area contributed by atoms with Crippen molar-refractivity contribution in [2.45, 2.75) is 12.8 Å². The van der Waals surface area contributed by atoms with Crippen LogP contribution in [0.5, 0.6) is 0 Å². The van der Waals surface area contributed by atoms with Gasteiger partial charge in [0, 0.05) is 17.6 Å². The minimum atomic E-state index is -0.385. The van der Waals surface area contributed by atoms with Crippen LogP contribution in [0, 0.1) is 5.82 Å². The Bertz CT molecular complexity index is 371. The molecule has 1 aromatic carbocycles. The maximum atomic E-state index is 12.8. The van der Waals surface area contributed by atoms with E-state index in [1.807, 2.05) is 0 Å². The van der Waals surface area contributed by atoms with Crippen LogP contribution in [0.4, 0.5) is 4.39 Å². The van der Waals surface area contributed by atoms with Gasteiger partial charge in [-0.1, -0.05) is 0 Å². The topological polar surface area (TPSA) is 49.3 Å². The van der Waals surface area contributed by atoms with Gasteiger partial charge in [-0.05, 0) is 47.0 Å². The van der Waals surface area contributed by atoms with Gasteiger partial charge in [0.25, 0.3) is 5.91 Å². The first-order valence-corrected chi connectivity index (χ1v) is 5.78. The van der Waals surface area contributed by atoms with Crippen molar-refractivity contribution < 1.29 is 14.3 Å². The Morgan fingerprint density at radius 1 is 1.44 bits per heavy atom. The molecule has 0 aliphatic heterocycles. The fraction of sp³-hybridized carbons (Fsp3) is 0.364. The van der Waals surface area contributed by atoms with E-state index in [2.05, 4.69) is 21.2 Å². The van der Waals surface area contributed by atoms with Crippen LogP contribution < -0.4 is 5.32 Å². The van der Waals surface area contributed by atoms with Crippen LogP contribution in [-0.2, 0) is 0 Å². The van der Waals surface area contributed by atoms with Gasteiger partial charge >= 0.3 is 0 Å². The number of carbonyl (C=O) groups is 1. The highest BCUT2D eigenvalue weighted by Gasteiger charge is 2.09. The summed E-state index contributed by atoms with van der Waals surface area (Å²) < 4.78 is 13.2. The summed E-state index contributed by atoms with van der Waals surface area (Å²) in [5.74, 6) is -0.631. The van der Waals surface area contributed by atoms with E-state index in [4.69, 9.17) is 5.11 Å². The summed E-state index contributed by atoms with van der Waals surface area (Å²) in [5.41, 5.74) is 0.408. The molecule has 0 unspecified atom stereocenters. The SMILES string of the molecule is O=C(NCCCCO)c1ccc(F)cc1Br. The van der Waals surface area contributed by atoms with E-state index in [0.717, 1.165) is 6.42 Å². The minimum Gasteiger partial charge on any atom is -0.396 e. The van der Waals surface area contributed by atoms with Gasteiger partial charge in [-0.2, -0.15) is 0 Å². The van der Waals surface area contributed by atoms with E-state index in [0.29, 0.717) is 23.0 Å². The summed E-state index contributed by atoms with van der Waals surface area (Å²) in [5, 5.41) is 11.3. The van der Waals surface area contributed by atoms with Crippen molar-refractivity contribution in [2.24, 2.45) is 0 Å². The molecule has 0 aliphatic carbocycles. The average Bonchev–Trinajstić information content (AvgIpc) is 2.24. The van der Waals surface area contributed by atoms with Crippen LogP contribution in [0.3, 0.4) is 0 Å². The lowest BCUT2D eigenvalue weighted by Gasteiger charge is -2.06. The van der Waals surface area contributed by atoms with Gasteiger partial charge in [-0.25, -0.2) is 4.39 Å². The number of amides is 1. The second-order valence-electron chi connectivity index (χ2n) is 3.31. The molecule has 0 bridgehead atoms. The zero-order chi connectivity index (χ0) is 12.0. The second-order valence-corrected chi connectivity index (χ2v) is 4.17. The predicted molar refractivity (Wildman–Crippen MR) is 62.8 cm³/mol. The van der Waals surface area contributed by atoms with Crippen molar-refractivity contribution in [3.05, 3.63) is 34.1 Å². The first-order valence-electron chi connectivity index (χ1n) is 4.99. The fourth-order valence-corrected chi connectivity index (χ4v) is 1.74. The highest BCUT2D eigenvalue weighted by molar-refractivity contribution is 9.10. The number of aliphatic hydroxyl groups is 1. The van der Waals surface area contributed by atoms with Crippen LogP contribution >= 0.6 is 15.9 Å². The van der Waals surface area contributed by atoms with Crippen molar-refractivity contribution in [2.75, 3.05) is 13.2 Å². The zero-order valence-electron chi connectivity index (χ0n) is 8.67. The third kappa shape index (κ3) is 3.90. The van der Waals surface area contributed by atoms with Crippen molar-refractivity contribution in [3.63, 3.8) is 0 Å². The summed E-state index contributed by atoms with van der Waals surface area (Å²) in [7, 11) is 0. The average molecular weight is 290 g/mol. The lowest BCUT2D eigenvalue weighted by molar-refractivity contribution is 0.0951. The van der Waals surface area contributed by atoms with Gasteiger partial charge in [0.05, 0.1) is 5.56 Å². The summed E-state index contributed by atoms with van der Waals surface area (Å²) in [4.78, 5) is 11.6. The molecule has 0 saturated carbocycles. The molecule has 16 heavy (non-hydrogen) atoms. The van der Waals surface area contributed by atoms with Crippen molar-refractivity contribution in [1.82, 2.24) is 5.32 Å². The largest absolute Gasteiger partial charge is 0.396 e. The monoisotopic (exact) mass is 289 g/mol. The lowest BCUT2D eigenvalue weighted by atomic mass is 10.2. The number of hydrogen-bond donors (Lipinski definition) is 2. The molecule has 0 aromatic heterocycles. The van der Waals surface area contributed by atoms with Crippen molar-refractivity contribution in [3.8, 4) is 0 Å². The molecule has 0 heterocycles. The Labute approximate surface area is 102 Å². The van der Waals surface area contributed by atoms with Crippen LogP contribution in [0.15, 0.2) is 22.7 Å². The van der Waals surface area contributed by atoms with E-state index >= 15 is 0 Å². The number of carbonyl (C=O) groups excluding carboxylic acids is 1. The molecule has 0 radical (unpaired) electrons. The molecule has 3 nitrogen and oxygen atoms in total. The summed E-state index contributed by atoms with van der Waals surface area (Å²) in [6.45, 7) is 0.624. The number of hydrogen-bond acceptors (Lipinski definition) is 2. The molecule has 1 rings (SSSR count). The van der Waals surface area contributed by atoms with E-state index in [1.54, 1.807) is 0 Å². The van der Waals surface area contributed by atoms with Crippen molar-refractivity contribution >= 4 is 21.8 Å². The Morgan fingerprint density at radius 3 is 2.81 bits per heavy atom. The molecule has 0 fully saturated rings. The normalized spacial score (nSPS) is 10.2. The summed E-state index contributed by atoms with van der Waals surface area (Å²) >= 11 is 3.13. The highest BCUT2D eigenvalue weighted by Crippen LogP contribution is 2.17. The molecule has 0 aliphatic rings. The van der Waals surface area contributed by atoms with E-state index in [-0.39, 0.29) is 18.3 Å². The number of aliphatic hydroxyl groups excluding tert-OH is 1. The predicted octanol–water partition coefficient (Wildman–Crippen LogP) is 2.09. The van der Waals surface area contributed by atoms with E-state index < -0.39 is 0 Å². The lowest BCUT2D eigenvalue weighted by Crippen LogP contribution is -2.24. The smallest absolute Gasteiger partial charge is 0.252 e. The molecule has 0 spiro atoms. The van der Waals surface area contributed by atoms with Crippen molar-refractivity contribution in [1.29, 1.82) is 0 Å². The molecule has 2 N–H and O–H groups in total. The van der Waals surface area contributed by atoms with Gasteiger partial charge in [-0.3, -0.25) is 4.79 Å². The molecule has 1 amide bonds. The first kappa shape index (κ1) is 13.1. The standard InChI is InChI=1S/C11H13BrFNO2/c12-10-7-8(13)3-4-9(10)11(16)14-5-1-2-6-15/h3-4,7,15H,1-2,5-6H2,(H,14,16). The van der Waals surface area contributed by atoms with Gasteiger partial charge in [0.1, 0.15) is 5.82 Å². The van der Waals surface area contributed by atoms with Crippen LogP contribution in [0.2, 0.25) is 0 Å². The third-order valence-electron chi connectivity index (χ3n) is 2.05. The Balaban J connectivity index is 2.53. The number of benzene rings is 1. The quantitative estimate of drug-likeness (QED) is 0.816. The molecule has 88 valence electrons. The summed E-state index contributed by atoms with van der Waals surface area (Å²) in [6.07, 6.45) is 1.38. The Kier molecular flexibility index (Phi) is 5.42. The van der Waals surface area contributed by atoms with Crippen LogP contribution in [-0.4, -0.2) is 24.2 Å². The fourth-order valence-electron chi connectivity index (χ4n) is 1.21. The van der Waals surface area contributed by atoms with Gasteiger partial charge < -0.3 is 10.4 Å². The molecular formula is C11H13BrFNO2. The molecule has 0 atom stereocenters. The maximum absolute atomic E-state index is 12.8. The first-order chi connectivity index (χ1) is 7.65. The third-order valence-corrected chi connectivity index (χ3v) is 2.70. The minimum absolute atomic E-state index is 0.121. The van der Waals surface area contributed by atoms with Gasteiger partial charge in [-0.15, -0.1) is 0 Å². The molecule has 1 aromatic rings. The number of unbranched alkanes of at least 4 members (excludes halogenated alkanes) is 1. The maximum Gasteiger partial charge on any atom is 0.252 e. The van der Waals surface area contributed by atoms with Gasteiger partial charge in [0.15, 0.2) is 0 Å². The second kappa shape index (κ2) is 6.60. The van der Waals surface area contributed by atoms with Crippen LogP contribution in [0.1, 0.15) is 23.2 Å². The highest BCUT2D eigenvalue weighted by atomic mass is 79.9.